The molecule has 3 atom stereocenters. The molecule has 16 heavy (non-hydrogen) atoms. The number of hydrogen-bond donors (Lipinski definition) is 2. The summed E-state index contributed by atoms with van der Waals surface area (Å²) < 4.78 is 0. The van der Waals surface area contributed by atoms with Crippen LogP contribution in [-0.2, 0) is 4.79 Å². The van der Waals surface area contributed by atoms with E-state index in [1.807, 2.05) is 13.8 Å². The summed E-state index contributed by atoms with van der Waals surface area (Å²) in [6.45, 7) is 5.47. The molecule has 3 nitrogen and oxygen atoms in total. The third-order valence-electron chi connectivity index (χ3n) is 3.72. The molecule has 0 aromatic rings. The zero-order valence-corrected chi connectivity index (χ0v) is 10.2. The van der Waals surface area contributed by atoms with Gasteiger partial charge in [0, 0.05) is 25.0 Å². The molecular formula is C13H22N2O. The Bertz CT molecular complexity index is 286. The fourth-order valence-electron chi connectivity index (χ4n) is 2.60. The summed E-state index contributed by atoms with van der Waals surface area (Å²) in [6.07, 6.45) is 7.22. The first-order valence-electron chi connectivity index (χ1n) is 6.36. The van der Waals surface area contributed by atoms with Crippen LogP contribution in [0.3, 0.4) is 0 Å². The summed E-state index contributed by atoms with van der Waals surface area (Å²) in [5.74, 6) is 1.91. The minimum Gasteiger partial charge on any atom is -0.355 e. The number of hydrogen-bond acceptors (Lipinski definition) is 2. The summed E-state index contributed by atoms with van der Waals surface area (Å²) >= 11 is 0. The lowest BCUT2D eigenvalue weighted by molar-refractivity contribution is -0.123. The molecule has 90 valence electrons. The summed E-state index contributed by atoms with van der Waals surface area (Å²) in [7, 11) is 0. The van der Waals surface area contributed by atoms with Crippen LogP contribution < -0.4 is 10.6 Å². The van der Waals surface area contributed by atoms with Gasteiger partial charge < -0.3 is 10.6 Å². The van der Waals surface area contributed by atoms with E-state index in [0.717, 1.165) is 24.9 Å². The van der Waals surface area contributed by atoms with Crippen LogP contribution in [0.2, 0.25) is 0 Å². The Morgan fingerprint density at radius 1 is 1.44 bits per heavy atom. The van der Waals surface area contributed by atoms with E-state index in [2.05, 4.69) is 22.8 Å². The highest BCUT2D eigenvalue weighted by Gasteiger charge is 2.40. The number of amides is 1. The number of fused-ring (bicyclic) bond motifs is 1. The predicted octanol–water partition coefficient (Wildman–Crippen LogP) is 1.31. The van der Waals surface area contributed by atoms with Crippen LogP contribution in [0.25, 0.3) is 0 Å². The molecule has 0 aromatic heterocycles. The lowest BCUT2D eigenvalue weighted by Crippen LogP contribution is -2.50. The van der Waals surface area contributed by atoms with Crippen molar-refractivity contribution in [1.82, 2.24) is 10.6 Å². The van der Waals surface area contributed by atoms with Crippen molar-refractivity contribution in [3.63, 3.8) is 0 Å². The molecule has 0 heterocycles. The van der Waals surface area contributed by atoms with Gasteiger partial charge in [-0.15, -0.1) is 0 Å². The molecule has 1 fully saturated rings. The maximum absolute atomic E-state index is 11.3. The van der Waals surface area contributed by atoms with Gasteiger partial charge in [0.2, 0.25) is 5.91 Å². The molecular weight excluding hydrogens is 200 g/mol. The molecule has 2 aliphatic carbocycles. The van der Waals surface area contributed by atoms with Gasteiger partial charge in [-0.3, -0.25) is 4.79 Å². The Labute approximate surface area is 97.7 Å². The van der Waals surface area contributed by atoms with Gasteiger partial charge in [-0.25, -0.2) is 0 Å². The van der Waals surface area contributed by atoms with Crippen LogP contribution in [0.15, 0.2) is 12.2 Å². The highest BCUT2D eigenvalue weighted by Crippen LogP contribution is 2.42. The van der Waals surface area contributed by atoms with Gasteiger partial charge in [0.1, 0.15) is 0 Å². The lowest BCUT2D eigenvalue weighted by atomic mass is 9.71. The van der Waals surface area contributed by atoms with Gasteiger partial charge >= 0.3 is 0 Å². The van der Waals surface area contributed by atoms with Gasteiger partial charge in [0.15, 0.2) is 0 Å². The zero-order valence-electron chi connectivity index (χ0n) is 10.2. The first kappa shape index (κ1) is 11.6. The van der Waals surface area contributed by atoms with E-state index in [0.29, 0.717) is 6.04 Å². The standard InChI is InChI=1S/C13H22N2O/c1-9(2)13(16)15-7-6-14-12-8-10-4-3-5-11(10)12/h3,5,9-12,14H,4,6-8H2,1-2H3,(H,15,16). The minimum absolute atomic E-state index is 0.0887. The normalized spacial score (nSPS) is 31.3. The van der Waals surface area contributed by atoms with Crippen molar-refractivity contribution in [3.05, 3.63) is 12.2 Å². The van der Waals surface area contributed by atoms with Crippen LogP contribution in [0, 0.1) is 17.8 Å². The highest BCUT2D eigenvalue weighted by molar-refractivity contribution is 5.77. The molecule has 2 N–H and O–H groups in total. The Kier molecular flexibility index (Phi) is 3.64. The van der Waals surface area contributed by atoms with Crippen LogP contribution in [0.5, 0.6) is 0 Å². The topological polar surface area (TPSA) is 41.1 Å². The maximum Gasteiger partial charge on any atom is 0.222 e. The van der Waals surface area contributed by atoms with E-state index >= 15 is 0 Å². The average molecular weight is 222 g/mol. The predicted molar refractivity (Wildman–Crippen MR) is 65.0 cm³/mol. The van der Waals surface area contributed by atoms with Gasteiger partial charge in [-0.2, -0.15) is 0 Å². The van der Waals surface area contributed by atoms with E-state index in [9.17, 15) is 4.79 Å². The first-order valence-corrected chi connectivity index (χ1v) is 6.36. The number of nitrogens with one attached hydrogen (secondary N) is 2. The second kappa shape index (κ2) is 5.00. The smallest absolute Gasteiger partial charge is 0.222 e. The molecule has 0 bridgehead atoms. The average Bonchev–Trinajstić information content (AvgIpc) is 2.59. The SMILES string of the molecule is CC(C)C(=O)NCCNC1CC2CC=CC21. The molecule has 0 aliphatic heterocycles. The highest BCUT2D eigenvalue weighted by atomic mass is 16.1. The van der Waals surface area contributed by atoms with Crippen molar-refractivity contribution >= 4 is 5.91 Å². The summed E-state index contributed by atoms with van der Waals surface area (Å²) in [6, 6.07) is 0.653. The number of allylic oxidation sites excluding steroid dienone is 1. The van der Waals surface area contributed by atoms with E-state index in [4.69, 9.17) is 0 Å². The fourth-order valence-corrected chi connectivity index (χ4v) is 2.60. The minimum atomic E-state index is 0.0887. The molecule has 2 rings (SSSR count). The molecule has 3 unspecified atom stereocenters. The number of carbonyl (C=O) groups excluding carboxylic acids is 1. The molecule has 1 amide bonds. The number of rotatable bonds is 5. The second-order valence-corrected chi connectivity index (χ2v) is 5.24. The van der Waals surface area contributed by atoms with Gasteiger partial charge in [-0.05, 0) is 24.7 Å². The molecule has 0 saturated heterocycles. The second-order valence-electron chi connectivity index (χ2n) is 5.24. The molecule has 2 aliphatic rings. The van der Waals surface area contributed by atoms with Crippen molar-refractivity contribution in [1.29, 1.82) is 0 Å². The Morgan fingerprint density at radius 2 is 2.25 bits per heavy atom. The largest absolute Gasteiger partial charge is 0.355 e. The quantitative estimate of drug-likeness (QED) is 0.544. The van der Waals surface area contributed by atoms with Crippen molar-refractivity contribution < 1.29 is 4.79 Å². The Balaban J connectivity index is 1.56. The van der Waals surface area contributed by atoms with Gasteiger partial charge in [-0.1, -0.05) is 26.0 Å². The van der Waals surface area contributed by atoms with Gasteiger partial charge in [0.25, 0.3) is 0 Å². The number of carbonyl (C=O) groups is 1. The van der Waals surface area contributed by atoms with Crippen LogP contribution >= 0.6 is 0 Å². The summed E-state index contributed by atoms with van der Waals surface area (Å²) in [5.41, 5.74) is 0. The summed E-state index contributed by atoms with van der Waals surface area (Å²) in [4.78, 5) is 11.3. The fraction of sp³-hybridized carbons (Fsp3) is 0.769. The van der Waals surface area contributed by atoms with Gasteiger partial charge in [0.05, 0.1) is 0 Å². The zero-order chi connectivity index (χ0) is 11.5. The molecule has 0 spiro atoms. The molecule has 1 saturated carbocycles. The van der Waals surface area contributed by atoms with Crippen molar-refractivity contribution in [3.8, 4) is 0 Å². The Hall–Kier alpha value is -0.830. The summed E-state index contributed by atoms with van der Waals surface area (Å²) in [5, 5.41) is 6.44. The van der Waals surface area contributed by atoms with Crippen molar-refractivity contribution in [2.24, 2.45) is 17.8 Å². The monoisotopic (exact) mass is 222 g/mol. The molecule has 0 aromatic carbocycles. The molecule has 3 heteroatoms. The van der Waals surface area contributed by atoms with Crippen LogP contribution in [0.4, 0.5) is 0 Å². The maximum atomic E-state index is 11.3. The molecule has 0 radical (unpaired) electrons. The lowest BCUT2D eigenvalue weighted by Gasteiger charge is -2.40. The van der Waals surface area contributed by atoms with Crippen molar-refractivity contribution in [2.75, 3.05) is 13.1 Å². The van der Waals surface area contributed by atoms with Crippen molar-refractivity contribution in [2.45, 2.75) is 32.7 Å². The first-order chi connectivity index (χ1) is 7.68. The third-order valence-corrected chi connectivity index (χ3v) is 3.72. The van der Waals surface area contributed by atoms with E-state index in [-0.39, 0.29) is 11.8 Å². The Morgan fingerprint density at radius 3 is 2.94 bits per heavy atom. The van der Waals surface area contributed by atoms with E-state index in [1.54, 1.807) is 0 Å². The third kappa shape index (κ3) is 2.46. The van der Waals surface area contributed by atoms with E-state index in [1.165, 1.54) is 12.8 Å². The van der Waals surface area contributed by atoms with E-state index < -0.39 is 0 Å². The van der Waals surface area contributed by atoms with Crippen LogP contribution in [-0.4, -0.2) is 25.0 Å². The van der Waals surface area contributed by atoms with Crippen LogP contribution in [0.1, 0.15) is 26.7 Å².